The summed E-state index contributed by atoms with van der Waals surface area (Å²) in [4.78, 5) is 23.8. The lowest BCUT2D eigenvalue weighted by Crippen LogP contribution is -2.48. The number of aliphatic hydroxyl groups excluding tert-OH is 1. The Morgan fingerprint density at radius 2 is 1.95 bits per heavy atom. The lowest BCUT2D eigenvalue weighted by molar-refractivity contribution is -0.123. The van der Waals surface area contributed by atoms with Crippen LogP contribution in [0.25, 0.3) is 0 Å². The van der Waals surface area contributed by atoms with Gasteiger partial charge in [0.2, 0.25) is 5.91 Å². The molecule has 7 heteroatoms. The number of hydrogen-bond donors (Lipinski definition) is 4. The van der Waals surface area contributed by atoms with Crippen LogP contribution in [-0.4, -0.2) is 36.2 Å². The Balaban J connectivity index is 2.55. The summed E-state index contributed by atoms with van der Waals surface area (Å²) in [5.74, 6) is -0.295. The van der Waals surface area contributed by atoms with Crippen LogP contribution in [0.2, 0.25) is 0 Å². The molecule has 116 valence electrons. The average molecular weight is 358 g/mol. The van der Waals surface area contributed by atoms with Crippen molar-refractivity contribution in [3.63, 3.8) is 0 Å². The van der Waals surface area contributed by atoms with E-state index in [0.29, 0.717) is 12.1 Å². The number of hydrogen-bond acceptors (Lipinski definition) is 3. The van der Waals surface area contributed by atoms with Gasteiger partial charge in [-0.1, -0.05) is 29.3 Å². The van der Waals surface area contributed by atoms with E-state index in [-0.39, 0.29) is 19.1 Å². The number of aliphatic hydroxyl groups is 1. The fourth-order valence-electron chi connectivity index (χ4n) is 1.72. The zero-order valence-electron chi connectivity index (χ0n) is 11.9. The first-order valence-electron chi connectivity index (χ1n) is 6.78. The first-order valence-corrected chi connectivity index (χ1v) is 7.57. The Kier molecular flexibility index (Phi) is 7.78. The second-order valence-electron chi connectivity index (χ2n) is 4.46. The monoisotopic (exact) mass is 357 g/mol. The number of carbonyl (C=O) groups excluding carboxylic acids is 2. The van der Waals surface area contributed by atoms with Gasteiger partial charge in [0.05, 0.1) is 6.61 Å². The molecular weight excluding hydrogens is 338 g/mol. The molecule has 0 aromatic heterocycles. The molecule has 0 saturated carbocycles. The lowest BCUT2D eigenvalue weighted by Gasteiger charge is -2.18. The van der Waals surface area contributed by atoms with Crippen LogP contribution in [0.5, 0.6) is 0 Å². The van der Waals surface area contributed by atoms with Crippen LogP contribution in [0.4, 0.5) is 10.5 Å². The second-order valence-corrected chi connectivity index (χ2v) is 5.38. The molecule has 6 nitrogen and oxygen atoms in total. The summed E-state index contributed by atoms with van der Waals surface area (Å²) >= 11 is 3.31. The van der Waals surface area contributed by atoms with E-state index in [2.05, 4.69) is 31.9 Å². The predicted octanol–water partition coefficient (Wildman–Crippen LogP) is 1.85. The van der Waals surface area contributed by atoms with Crippen LogP contribution in [-0.2, 0) is 4.79 Å². The molecule has 0 bridgehead atoms. The van der Waals surface area contributed by atoms with Crippen LogP contribution in [0.1, 0.15) is 19.8 Å². The molecule has 1 rings (SSSR count). The maximum absolute atomic E-state index is 11.9. The minimum Gasteiger partial charge on any atom is -0.395 e. The Hall–Kier alpha value is -1.60. The number of anilines is 1. The molecule has 0 aliphatic carbocycles. The smallest absolute Gasteiger partial charge is 0.319 e. The van der Waals surface area contributed by atoms with Gasteiger partial charge in [0.25, 0.3) is 0 Å². The number of carbonyl (C=O) groups is 2. The standard InChI is InChI=1S/C14H20BrN3O3/c1-2-3-12(13(20)16-8-9-19)18-14(21)17-11-6-4-10(15)5-7-11/h4-7,12,19H,2-3,8-9H2,1H3,(H,16,20)(H2,17,18,21). The number of rotatable bonds is 7. The molecule has 0 spiro atoms. The average Bonchev–Trinajstić information content (AvgIpc) is 2.46. The van der Waals surface area contributed by atoms with Gasteiger partial charge < -0.3 is 21.1 Å². The van der Waals surface area contributed by atoms with Gasteiger partial charge in [-0.2, -0.15) is 0 Å². The summed E-state index contributed by atoms with van der Waals surface area (Å²) in [5.41, 5.74) is 0.640. The van der Waals surface area contributed by atoms with Crippen molar-refractivity contribution >= 4 is 33.6 Å². The van der Waals surface area contributed by atoms with Gasteiger partial charge in [-0.05, 0) is 30.7 Å². The largest absolute Gasteiger partial charge is 0.395 e. The number of nitrogens with one attached hydrogen (secondary N) is 3. The number of urea groups is 1. The molecule has 0 fully saturated rings. The van der Waals surface area contributed by atoms with E-state index in [9.17, 15) is 9.59 Å². The molecule has 0 aliphatic heterocycles. The fraction of sp³-hybridized carbons (Fsp3) is 0.429. The third-order valence-corrected chi connectivity index (χ3v) is 3.24. The number of amides is 3. The van der Waals surface area contributed by atoms with Crippen molar-refractivity contribution in [2.45, 2.75) is 25.8 Å². The summed E-state index contributed by atoms with van der Waals surface area (Å²) in [7, 11) is 0. The molecule has 0 radical (unpaired) electrons. The van der Waals surface area contributed by atoms with Gasteiger partial charge in [-0.15, -0.1) is 0 Å². The number of benzene rings is 1. The molecule has 0 aliphatic rings. The van der Waals surface area contributed by atoms with Crippen molar-refractivity contribution in [2.75, 3.05) is 18.5 Å². The van der Waals surface area contributed by atoms with Crippen molar-refractivity contribution in [1.29, 1.82) is 0 Å². The third-order valence-electron chi connectivity index (χ3n) is 2.71. The molecule has 1 aromatic carbocycles. The number of halogens is 1. The van der Waals surface area contributed by atoms with Crippen LogP contribution >= 0.6 is 15.9 Å². The summed E-state index contributed by atoms with van der Waals surface area (Å²) < 4.78 is 0.917. The highest BCUT2D eigenvalue weighted by Crippen LogP contribution is 2.13. The van der Waals surface area contributed by atoms with Gasteiger partial charge >= 0.3 is 6.03 Å². The minimum absolute atomic E-state index is 0.129. The Labute approximate surface area is 132 Å². The van der Waals surface area contributed by atoms with Crippen molar-refractivity contribution in [2.24, 2.45) is 0 Å². The van der Waals surface area contributed by atoms with Crippen LogP contribution in [0.15, 0.2) is 28.7 Å². The summed E-state index contributed by atoms with van der Waals surface area (Å²) in [6, 6.07) is 6.08. The molecule has 1 atom stereocenters. The molecule has 1 unspecified atom stereocenters. The van der Waals surface area contributed by atoms with Gasteiger partial charge in [-0.25, -0.2) is 4.79 Å². The quantitative estimate of drug-likeness (QED) is 0.600. The van der Waals surface area contributed by atoms with Crippen LogP contribution in [0, 0.1) is 0 Å². The first-order chi connectivity index (χ1) is 10.1. The maximum atomic E-state index is 11.9. The highest BCUT2D eigenvalue weighted by Gasteiger charge is 2.19. The molecule has 0 saturated heterocycles. The van der Waals surface area contributed by atoms with Gasteiger partial charge in [0, 0.05) is 16.7 Å². The van der Waals surface area contributed by atoms with E-state index in [1.54, 1.807) is 12.1 Å². The van der Waals surface area contributed by atoms with Crippen molar-refractivity contribution < 1.29 is 14.7 Å². The Morgan fingerprint density at radius 1 is 1.29 bits per heavy atom. The summed E-state index contributed by atoms with van der Waals surface area (Å²) in [5, 5.41) is 16.6. The zero-order chi connectivity index (χ0) is 15.7. The summed E-state index contributed by atoms with van der Waals surface area (Å²) in [6.45, 7) is 1.98. The van der Waals surface area contributed by atoms with Crippen LogP contribution in [0.3, 0.4) is 0 Å². The lowest BCUT2D eigenvalue weighted by atomic mass is 10.1. The molecule has 1 aromatic rings. The first kappa shape index (κ1) is 17.5. The topological polar surface area (TPSA) is 90.5 Å². The van der Waals surface area contributed by atoms with E-state index < -0.39 is 12.1 Å². The molecule has 4 N–H and O–H groups in total. The van der Waals surface area contributed by atoms with Crippen molar-refractivity contribution in [1.82, 2.24) is 10.6 Å². The van der Waals surface area contributed by atoms with Gasteiger partial charge in [0.15, 0.2) is 0 Å². The zero-order valence-corrected chi connectivity index (χ0v) is 13.4. The SMILES string of the molecule is CCCC(NC(=O)Nc1ccc(Br)cc1)C(=O)NCCO. The van der Waals surface area contributed by atoms with Gasteiger partial charge in [-0.3, -0.25) is 4.79 Å². The van der Waals surface area contributed by atoms with E-state index in [0.717, 1.165) is 10.9 Å². The van der Waals surface area contributed by atoms with Gasteiger partial charge in [0.1, 0.15) is 6.04 Å². The van der Waals surface area contributed by atoms with E-state index in [4.69, 9.17) is 5.11 Å². The maximum Gasteiger partial charge on any atom is 0.319 e. The Morgan fingerprint density at radius 3 is 2.52 bits per heavy atom. The van der Waals surface area contributed by atoms with Crippen molar-refractivity contribution in [3.05, 3.63) is 28.7 Å². The molecular formula is C14H20BrN3O3. The predicted molar refractivity (Wildman–Crippen MR) is 85.1 cm³/mol. The highest BCUT2D eigenvalue weighted by atomic mass is 79.9. The third kappa shape index (κ3) is 6.59. The highest BCUT2D eigenvalue weighted by molar-refractivity contribution is 9.10. The molecule has 0 heterocycles. The second kappa shape index (κ2) is 9.36. The summed E-state index contributed by atoms with van der Waals surface area (Å²) in [6.07, 6.45) is 1.29. The molecule has 21 heavy (non-hydrogen) atoms. The normalized spacial score (nSPS) is 11.6. The molecule has 3 amide bonds. The van der Waals surface area contributed by atoms with E-state index in [1.165, 1.54) is 0 Å². The Bertz CT molecular complexity index is 465. The minimum atomic E-state index is -0.614. The van der Waals surface area contributed by atoms with Crippen molar-refractivity contribution in [3.8, 4) is 0 Å². The fourth-order valence-corrected chi connectivity index (χ4v) is 1.98. The van der Waals surface area contributed by atoms with E-state index in [1.807, 2.05) is 19.1 Å². The van der Waals surface area contributed by atoms with E-state index >= 15 is 0 Å². The van der Waals surface area contributed by atoms with Crippen LogP contribution < -0.4 is 16.0 Å².